The maximum absolute atomic E-state index is 12.6. The van der Waals surface area contributed by atoms with Crippen LogP contribution in [0.4, 0.5) is 0 Å². The van der Waals surface area contributed by atoms with E-state index in [1.165, 1.54) is 11.1 Å². The van der Waals surface area contributed by atoms with Crippen LogP contribution in [0.1, 0.15) is 52.9 Å². The second-order valence-electron chi connectivity index (χ2n) is 7.15. The van der Waals surface area contributed by atoms with Gasteiger partial charge in [-0.25, -0.2) is 4.79 Å². The van der Waals surface area contributed by atoms with Gasteiger partial charge in [0.05, 0.1) is 0 Å². The van der Waals surface area contributed by atoms with E-state index in [1.807, 2.05) is 20.8 Å². The molecule has 4 atom stereocenters. The fourth-order valence-corrected chi connectivity index (χ4v) is 4.34. The van der Waals surface area contributed by atoms with Crippen LogP contribution in [0.25, 0.3) is 5.53 Å². The van der Waals surface area contributed by atoms with Gasteiger partial charge in [0.2, 0.25) is 0 Å². The van der Waals surface area contributed by atoms with Gasteiger partial charge in [-0.1, -0.05) is 0 Å². The van der Waals surface area contributed by atoms with E-state index in [4.69, 9.17) is 4.74 Å². The van der Waals surface area contributed by atoms with Crippen molar-refractivity contribution in [3.8, 4) is 0 Å². The van der Waals surface area contributed by atoms with Gasteiger partial charge in [0.25, 0.3) is 5.54 Å². The molecular weight excluding hydrogens is 228 g/mol. The summed E-state index contributed by atoms with van der Waals surface area (Å²) in [6.07, 6.45) is 4.98. The van der Waals surface area contributed by atoms with Gasteiger partial charge in [-0.15, -0.1) is 0 Å². The molecule has 100 valence electrons. The summed E-state index contributed by atoms with van der Waals surface area (Å²) in [4.78, 5) is 12.6. The maximum Gasteiger partial charge on any atom is 0.378 e. The number of carbonyl (C=O) groups is 1. The SMILES string of the molecule is CC(C)(C)OC(=O)[C@@]12CCCC3CC(CC31)[N+]2=[N-]. The van der Waals surface area contributed by atoms with E-state index < -0.39 is 11.1 Å². The number of esters is 1. The summed E-state index contributed by atoms with van der Waals surface area (Å²) in [6.45, 7) is 5.66. The highest BCUT2D eigenvalue weighted by atomic mass is 16.6. The average Bonchev–Trinajstić information content (AvgIpc) is 2.77. The molecule has 0 radical (unpaired) electrons. The van der Waals surface area contributed by atoms with Crippen molar-refractivity contribution in [2.75, 3.05) is 0 Å². The molecule has 0 spiro atoms. The fraction of sp³-hybridized carbons (Fsp3) is 0.929. The van der Waals surface area contributed by atoms with Crippen molar-refractivity contribution in [1.29, 1.82) is 0 Å². The lowest BCUT2D eigenvalue weighted by molar-refractivity contribution is -0.642. The van der Waals surface area contributed by atoms with Crippen molar-refractivity contribution in [3.05, 3.63) is 5.53 Å². The summed E-state index contributed by atoms with van der Waals surface area (Å²) >= 11 is 0. The van der Waals surface area contributed by atoms with Gasteiger partial charge >= 0.3 is 5.97 Å². The molecule has 2 saturated carbocycles. The Bertz CT molecular complexity index is 413. The van der Waals surface area contributed by atoms with Crippen LogP contribution in [0.15, 0.2) is 0 Å². The summed E-state index contributed by atoms with van der Waals surface area (Å²) in [5.41, 5.74) is 9.16. The predicted molar refractivity (Wildman–Crippen MR) is 66.0 cm³/mol. The minimum Gasteiger partial charge on any atom is -0.506 e. The second kappa shape index (κ2) is 3.55. The van der Waals surface area contributed by atoms with Gasteiger partial charge in [0.1, 0.15) is 11.6 Å². The molecule has 3 unspecified atom stereocenters. The Kier molecular flexibility index (Phi) is 2.39. The fourth-order valence-electron chi connectivity index (χ4n) is 4.34. The molecule has 0 aromatic heterocycles. The van der Waals surface area contributed by atoms with Crippen molar-refractivity contribution in [1.82, 2.24) is 0 Å². The molecule has 2 aliphatic carbocycles. The molecular formula is C14H22N2O2. The standard InChI is InChI=1S/C14H22N2O2/c1-13(2,3)18-12(17)14-6-4-5-9-7-10(16(14)15)8-11(9)14/h9-11H,4-8H2,1-3H3/t9?,10?,11?,14-/m1/s1. The molecule has 0 aromatic carbocycles. The van der Waals surface area contributed by atoms with Gasteiger partial charge in [-0.3, -0.25) is 0 Å². The summed E-state index contributed by atoms with van der Waals surface area (Å²) in [5, 5.41) is 0. The monoisotopic (exact) mass is 250 g/mol. The lowest BCUT2D eigenvalue weighted by atomic mass is 9.68. The third-order valence-electron chi connectivity index (χ3n) is 4.92. The third-order valence-corrected chi connectivity index (χ3v) is 4.92. The van der Waals surface area contributed by atoms with Gasteiger partial charge in [-0.05, 0) is 39.5 Å². The second-order valence-corrected chi connectivity index (χ2v) is 7.15. The summed E-state index contributed by atoms with van der Waals surface area (Å²) in [5.74, 6) is 0.699. The molecule has 2 bridgehead atoms. The largest absolute Gasteiger partial charge is 0.506 e. The zero-order valence-electron chi connectivity index (χ0n) is 11.5. The molecule has 18 heavy (non-hydrogen) atoms. The number of nitrogens with zero attached hydrogens (tertiary/aromatic N) is 2. The number of rotatable bonds is 1. The van der Waals surface area contributed by atoms with Crippen LogP contribution in [0.2, 0.25) is 0 Å². The molecule has 1 aliphatic heterocycles. The minimum atomic E-state index is -0.737. The van der Waals surface area contributed by atoms with Crippen molar-refractivity contribution in [2.45, 2.75) is 70.1 Å². The molecule has 3 fully saturated rings. The first-order valence-corrected chi connectivity index (χ1v) is 7.06. The number of fused-ring (bicyclic) bond motifs is 1. The minimum absolute atomic E-state index is 0.174. The lowest BCUT2D eigenvalue weighted by Gasteiger charge is -2.43. The zero-order chi connectivity index (χ0) is 13.1. The normalized spacial score (nSPS) is 42.2. The van der Waals surface area contributed by atoms with Crippen LogP contribution in [-0.4, -0.2) is 27.8 Å². The molecule has 0 amide bonds. The summed E-state index contributed by atoms with van der Waals surface area (Å²) < 4.78 is 6.93. The van der Waals surface area contributed by atoms with Crippen LogP contribution in [0.5, 0.6) is 0 Å². The Balaban J connectivity index is 1.93. The van der Waals surface area contributed by atoms with Crippen LogP contribution >= 0.6 is 0 Å². The highest BCUT2D eigenvalue weighted by molar-refractivity contribution is 5.81. The Morgan fingerprint density at radius 1 is 1.39 bits per heavy atom. The summed E-state index contributed by atoms with van der Waals surface area (Å²) in [7, 11) is 0. The smallest absolute Gasteiger partial charge is 0.378 e. The Labute approximate surface area is 108 Å². The molecule has 1 saturated heterocycles. The number of piperidine rings is 1. The van der Waals surface area contributed by atoms with E-state index in [0.29, 0.717) is 11.8 Å². The van der Waals surface area contributed by atoms with Crippen molar-refractivity contribution >= 4 is 5.97 Å². The number of ether oxygens (including phenoxy) is 1. The Morgan fingerprint density at radius 2 is 2.11 bits per heavy atom. The lowest BCUT2D eigenvalue weighted by Crippen LogP contribution is -2.58. The predicted octanol–water partition coefficient (Wildman–Crippen LogP) is 2.69. The first-order valence-electron chi connectivity index (χ1n) is 7.06. The molecule has 4 heteroatoms. The van der Waals surface area contributed by atoms with Crippen LogP contribution in [0, 0.1) is 11.8 Å². The zero-order valence-corrected chi connectivity index (χ0v) is 11.5. The van der Waals surface area contributed by atoms with Gasteiger partial charge in [0.15, 0.2) is 0 Å². The topological polar surface area (TPSA) is 51.6 Å². The molecule has 3 aliphatic rings. The van der Waals surface area contributed by atoms with Gasteiger partial charge < -0.3 is 15.0 Å². The van der Waals surface area contributed by atoms with Crippen molar-refractivity contribution in [2.24, 2.45) is 11.8 Å². The molecule has 4 nitrogen and oxygen atoms in total. The van der Waals surface area contributed by atoms with Crippen molar-refractivity contribution < 1.29 is 14.2 Å². The van der Waals surface area contributed by atoms with Gasteiger partial charge in [-0.2, -0.15) is 0 Å². The Morgan fingerprint density at radius 3 is 2.72 bits per heavy atom. The maximum atomic E-state index is 12.6. The van der Waals surface area contributed by atoms with Crippen LogP contribution in [-0.2, 0) is 9.53 Å². The van der Waals surface area contributed by atoms with Crippen molar-refractivity contribution in [3.63, 3.8) is 0 Å². The third kappa shape index (κ3) is 1.47. The van der Waals surface area contributed by atoms with E-state index in [0.717, 1.165) is 25.7 Å². The Hall–Kier alpha value is -0.930. The highest BCUT2D eigenvalue weighted by Gasteiger charge is 2.69. The van der Waals surface area contributed by atoms with Gasteiger partial charge in [0, 0.05) is 25.2 Å². The van der Waals surface area contributed by atoms with Crippen LogP contribution < -0.4 is 0 Å². The molecule has 0 aromatic rings. The van der Waals surface area contributed by atoms with E-state index in [-0.39, 0.29) is 12.0 Å². The molecule has 1 heterocycles. The number of hydrogen-bond donors (Lipinski definition) is 0. The van der Waals surface area contributed by atoms with E-state index >= 15 is 0 Å². The summed E-state index contributed by atoms with van der Waals surface area (Å²) in [6, 6.07) is 0.174. The average molecular weight is 250 g/mol. The van der Waals surface area contributed by atoms with E-state index in [9.17, 15) is 10.3 Å². The number of hydrogen-bond acceptors (Lipinski definition) is 2. The van der Waals surface area contributed by atoms with E-state index in [1.54, 1.807) is 0 Å². The first kappa shape index (κ1) is 12.1. The number of carbonyl (C=O) groups excluding carboxylic acids is 1. The van der Waals surface area contributed by atoms with E-state index in [2.05, 4.69) is 0 Å². The quantitative estimate of drug-likeness (QED) is 0.530. The molecule has 3 rings (SSSR count). The first-order chi connectivity index (χ1) is 8.34. The van der Waals surface area contributed by atoms with Crippen LogP contribution in [0.3, 0.4) is 0 Å². The highest BCUT2D eigenvalue weighted by Crippen LogP contribution is 2.57. The molecule has 0 N–H and O–H groups in total.